The van der Waals surface area contributed by atoms with Gasteiger partial charge >= 0.3 is 0 Å². The Kier molecular flexibility index (Phi) is 4.69. The van der Waals surface area contributed by atoms with Gasteiger partial charge in [0.05, 0.1) is 22.0 Å². The zero-order valence-electron chi connectivity index (χ0n) is 12.4. The van der Waals surface area contributed by atoms with Crippen LogP contribution in [-0.2, 0) is 11.2 Å². The van der Waals surface area contributed by atoms with Gasteiger partial charge in [0.2, 0.25) is 5.91 Å². The number of piperidine rings is 1. The smallest absolute Gasteiger partial charge is 0.228 e. The van der Waals surface area contributed by atoms with E-state index in [1.54, 1.807) is 11.3 Å². The summed E-state index contributed by atoms with van der Waals surface area (Å²) in [5.41, 5.74) is 0.833. The van der Waals surface area contributed by atoms with E-state index in [1.807, 2.05) is 34.7 Å². The number of thiazole rings is 1. The lowest BCUT2D eigenvalue weighted by molar-refractivity contribution is -0.131. The quantitative estimate of drug-likeness (QED) is 0.807. The lowest BCUT2D eigenvalue weighted by Gasteiger charge is -2.31. The second kappa shape index (κ2) is 6.71. The average molecular weight is 334 g/mol. The summed E-state index contributed by atoms with van der Waals surface area (Å²) in [6.07, 6.45) is 2.10. The Morgan fingerprint density at radius 2 is 2.27 bits per heavy atom. The van der Waals surface area contributed by atoms with E-state index in [0.717, 1.165) is 35.0 Å². The Balaban J connectivity index is 1.62. The van der Waals surface area contributed by atoms with Crippen LogP contribution in [-0.4, -0.2) is 34.7 Å². The summed E-state index contributed by atoms with van der Waals surface area (Å²) >= 11 is 3.04. The van der Waals surface area contributed by atoms with Crippen molar-refractivity contribution in [2.45, 2.75) is 26.2 Å². The number of aromatic nitrogens is 1. The summed E-state index contributed by atoms with van der Waals surface area (Å²) in [7, 11) is 0. The van der Waals surface area contributed by atoms with Gasteiger partial charge in [0.25, 0.3) is 0 Å². The molecule has 4 nitrogen and oxygen atoms in total. The molecule has 2 aromatic heterocycles. The third kappa shape index (κ3) is 3.44. The molecule has 0 spiro atoms. The number of thiophene rings is 1. The van der Waals surface area contributed by atoms with Crippen LogP contribution in [0, 0.1) is 12.8 Å². The van der Waals surface area contributed by atoms with Crippen LogP contribution in [0.4, 0.5) is 0 Å². The Morgan fingerprint density at radius 3 is 2.95 bits per heavy atom. The number of hydrogen-bond donors (Lipinski definition) is 0. The van der Waals surface area contributed by atoms with E-state index in [4.69, 9.17) is 0 Å². The summed E-state index contributed by atoms with van der Waals surface area (Å²) in [6, 6.07) is 3.76. The van der Waals surface area contributed by atoms with Crippen LogP contribution in [0.3, 0.4) is 0 Å². The van der Waals surface area contributed by atoms with Gasteiger partial charge in [0.1, 0.15) is 0 Å². The number of amides is 1. The molecule has 1 atom stereocenters. The molecular weight excluding hydrogens is 316 g/mol. The van der Waals surface area contributed by atoms with Crippen LogP contribution in [0.2, 0.25) is 0 Å². The van der Waals surface area contributed by atoms with Crippen LogP contribution in [0.1, 0.15) is 33.2 Å². The molecule has 0 N–H and O–H groups in total. The van der Waals surface area contributed by atoms with Gasteiger partial charge in [-0.2, -0.15) is 0 Å². The van der Waals surface area contributed by atoms with Crippen LogP contribution in [0.25, 0.3) is 0 Å². The van der Waals surface area contributed by atoms with Gasteiger partial charge in [-0.1, -0.05) is 6.07 Å². The number of rotatable bonds is 4. The minimum absolute atomic E-state index is 0.0616. The van der Waals surface area contributed by atoms with Gasteiger partial charge in [-0.15, -0.1) is 22.7 Å². The van der Waals surface area contributed by atoms with Crippen molar-refractivity contribution in [1.29, 1.82) is 0 Å². The topological polar surface area (TPSA) is 50.3 Å². The van der Waals surface area contributed by atoms with Crippen molar-refractivity contribution >= 4 is 34.4 Å². The number of nitrogens with zero attached hydrogens (tertiary/aromatic N) is 2. The second-order valence-corrected chi connectivity index (χ2v) is 7.57. The van der Waals surface area contributed by atoms with Gasteiger partial charge < -0.3 is 4.90 Å². The van der Waals surface area contributed by atoms with Crippen LogP contribution in [0.15, 0.2) is 22.9 Å². The fourth-order valence-electron chi connectivity index (χ4n) is 2.79. The number of carbonyl (C=O) groups is 2. The van der Waals surface area contributed by atoms with E-state index in [2.05, 4.69) is 4.98 Å². The Hall–Kier alpha value is -1.53. The van der Waals surface area contributed by atoms with E-state index in [0.29, 0.717) is 13.0 Å². The molecule has 1 aliphatic rings. The van der Waals surface area contributed by atoms with Crippen molar-refractivity contribution < 1.29 is 9.59 Å². The monoisotopic (exact) mass is 334 g/mol. The molecule has 1 amide bonds. The molecular formula is C16H18N2O2S2. The summed E-state index contributed by atoms with van der Waals surface area (Å²) in [5, 5.41) is 4.84. The first-order valence-electron chi connectivity index (χ1n) is 7.40. The molecule has 0 bridgehead atoms. The highest BCUT2D eigenvalue weighted by Crippen LogP contribution is 2.23. The van der Waals surface area contributed by atoms with Crippen LogP contribution in [0.5, 0.6) is 0 Å². The molecule has 1 aliphatic heterocycles. The van der Waals surface area contributed by atoms with Crippen LogP contribution < -0.4 is 0 Å². The lowest BCUT2D eigenvalue weighted by Crippen LogP contribution is -2.43. The molecule has 3 rings (SSSR count). The Bertz CT molecular complexity index is 664. The van der Waals surface area contributed by atoms with E-state index in [9.17, 15) is 9.59 Å². The highest BCUT2D eigenvalue weighted by Gasteiger charge is 2.29. The maximum Gasteiger partial charge on any atom is 0.228 e. The molecule has 2 aromatic rings. The zero-order chi connectivity index (χ0) is 15.5. The molecule has 1 fully saturated rings. The Morgan fingerprint density at radius 1 is 1.41 bits per heavy atom. The maximum atomic E-state index is 12.5. The Labute approximate surface area is 137 Å². The first-order chi connectivity index (χ1) is 10.6. The molecule has 0 aromatic carbocycles. The minimum Gasteiger partial charge on any atom is -0.342 e. The van der Waals surface area contributed by atoms with Crippen molar-refractivity contribution in [2.75, 3.05) is 13.1 Å². The third-order valence-electron chi connectivity index (χ3n) is 3.91. The number of hydrogen-bond acceptors (Lipinski definition) is 5. The molecule has 0 saturated carbocycles. The first kappa shape index (κ1) is 15.4. The number of Topliss-reactive ketones (excluding diaryl/α,β-unsaturated/α-hetero) is 1. The predicted molar refractivity (Wildman–Crippen MR) is 88.5 cm³/mol. The summed E-state index contributed by atoms with van der Waals surface area (Å²) in [6.45, 7) is 3.23. The normalized spacial score (nSPS) is 18.4. The first-order valence-corrected chi connectivity index (χ1v) is 9.16. The minimum atomic E-state index is -0.0616. The molecule has 1 saturated heterocycles. The van der Waals surface area contributed by atoms with Crippen LogP contribution >= 0.6 is 22.7 Å². The molecule has 22 heavy (non-hydrogen) atoms. The largest absolute Gasteiger partial charge is 0.342 e. The summed E-state index contributed by atoms with van der Waals surface area (Å²) < 4.78 is 0. The van der Waals surface area contributed by atoms with Gasteiger partial charge in [0.15, 0.2) is 5.78 Å². The zero-order valence-corrected chi connectivity index (χ0v) is 14.1. The molecule has 116 valence electrons. The number of carbonyl (C=O) groups excluding carboxylic acids is 2. The van der Waals surface area contributed by atoms with Gasteiger partial charge in [-0.25, -0.2) is 4.98 Å². The highest BCUT2D eigenvalue weighted by molar-refractivity contribution is 7.12. The van der Waals surface area contributed by atoms with E-state index in [1.165, 1.54) is 11.3 Å². The molecule has 0 radical (unpaired) electrons. The third-order valence-corrected chi connectivity index (χ3v) is 5.61. The fraction of sp³-hybridized carbons (Fsp3) is 0.438. The summed E-state index contributed by atoms with van der Waals surface area (Å²) in [5.74, 6) is 0.194. The number of ketones is 1. The SMILES string of the molecule is Cc1nc(CC(=O)N2CCC[C@@H](C(=O)c3cccs3)C2)cs1. The molecule has 3 heterocycles. The standard InChI is InChI=1S/C16H18N2O2S2/c1-11-17-13(10-22-11)8-15(19)18-6-2-4-12(9-18)16(20)14-5-3-7-21-14/h3,5,7,10,12H,2,4,6,8-9H2,1H3/t12-/m1/s1. The lowest BCUT2D eigenvalue weighted by atomic mass is 9.92. The van der Waals surface area contributed by atoms with Crippen molar-refractivity contribution in [3.05, 3.63) is 38.5 Å². The van der Waals surface area contributed by atoms with Crippen molar-refractivity contribution in [1.82, 2.24) is 9.88 Å². The van der Waals surface area contributed by atoms with E-state index in [-0.39, 0.29) is 17.6 Å². The van der Waals surface area contributed by atoms with E-state index < -0.39 is 0 Å². The van der Waals surface area contributed by atoms with Crippen molar-refractivity contribution in [3.8, 4) is 0 Å². The summed E-state index contributed by atoms with van der Waals surface area (Å²) in [4.78, 5) is 31.8. The van der Waals surface area contributed by atoms with Gasteiger partial charge in [-0.3, -0.25) is 9.59 Å². The number of likely N-dealkylation sites (tertiary alicyclic amines) is 1. The molecule has 0 aliphatic carbocycles. The predicted octanol–water partition coefficient (Wildman–Crippen LogP) is 3.18. The van der Waals surface area contributed by atoms with Crippen molar-refractivity contribution in [3.63, 3.8) is 0 Å². The maximum absolute atomic E-state index is 12.5. The van der Waals surface area contributed by atoms with E-state index >= 15 is 0 Å². The fourth-order valence-corrected chi connectivity index (χ4v) is 4.15. The van der Waals surface area contributed by atoms with Crippen molar-refractivity contribution in [2.24, 2.45) is 5.92 Å². The van der Waals surface area contributed by atoms with Gasteiger partial charge in [-0.05, 0) is 31.2 Å². The molecule has 0 unspecified atom stereocenters. The average Bonchev–Trinajstić information content (AvgIpc) is 3.18. The molecule has 6 heteroatoms. The number of aryl methyl sites for hydroxylation is 1. The van der Waals surface area contributed by atoms with Gasteiger partial charge in [0, 0.05) is 24.4 Å². The second-order valence-electron chi connectivity index (χ2n) is 5.56. The highest BCUT2D eigenvalue weighted by atomic mass is 32.1.